The third kappa shape index (κ3) is 4.59. The van der Waals surface area contributed by atoms with Crippen molar-refractivity contribution in [3.63, 3.8) is 0 Å². The van der Waals surface area contributed by atoms with E-state index in [1.165, 1.54) is 10.4 Å². The second-order valence-electron chi connectivity index (χ2n) is 6.19. The SMILES string of the molecule is C[Si](C#CC#CC#CN1CCOCC1)(c1ccccc1)c1ccccc1. The minimum atomic E-state index is -2.13. The summed E-state index contributed by atoms with van der Waals surface area (Å²) in [4.78, 5) is 2.04. The molecule has 0 N–H and O–H groups in total. The summed E-state index contributed by atoms with van der Waals surface area (Å²) < 4.78 is 5.30. The maximum absolute atomic E-state index is 5.30. The first-order valence-corrected chi connectivity index (χ1v) is 11.3. The maximum atomic E-state index is 5.30. The van der Waals surface area contributed by atoms with Crippen LogP contribution in [0, 0.1) is 35.3 Å². The summed E-state index contributed by atoms with van der Waals surface area (Å²) in [6.07, 6.45) is 0. The third-order valence-corrected chi connectivity index (χ3v) is 8.03. The zero-order valence-electron chi connectivity index (χ0n) is 15.0. The molecule has 0 aliphatic carbocycles. The molecule has 1 fully saturated rings. The molecule has 1 heterocycles. The molecule has 0 saturated carbocycles. The van der Waals surface area contributed by atoms with Gasteiger partial charge in [-0.2, -0.15) is 0 Å². The van der Waals surface area contributed by atoms with Crippen LogP contribution >= 0.6 is 0 Å². The normalized spacial score (nSPS) is 13.3. The van der Waals surface area contributed by atoms with Crippen molar-refractivity contribution in [2.45, 2.75) is 6.55 Å². The van der Waals surface area contributed by atoms with Gasteiger partial charge in [-0.15, -0.1) is 5.54 Å². The van der Waals surface area contributed by atoms with E-state index in [9.17, 15) is 0 Å². The fraction of sp³-hybridized carbons (Fsp3) is 0.217. The Morgan fingerprint density at radius 2 is 1.31 bits per heavy atom. The molecule has 1 saturated heterocycles. The lowest BCUT2D eigenvalue weighted by Crippen LogP contribution is -2.54. The second kappa shape index (κ2) is 8.98. The van der Waals surface area contributed by atoms with Gasteiger partial charge < -0.3 is 9.64 Å². The van der Waals surface area contributed by atoms with Crippen LogP contribution in [0.25, 0.3) is 0 Å². The largest absolute Gasteiger partial charge is 0.378 e. The first kappa shape index (κ1) is 17.9. The van der Waals surface area contributed by atoms with Gasteiger partial charge in [-0.3, -0.25) is 0 Å². The van der Waals surface area contributed by atoms with E-state index in [2.05, 4.69) is 90.3 Å². The van der Waals surface area contributed by atoms with E-state index in [0.29, 0.717) is 0 Å². The van der Waals surface area contributed by atoms with Crippen molar-refractivity contribution >= 4 is 18.4 Å². The van der Waals surface area contributed by atoms with Crippen molar-refractivity contribution in [2.75, 3.05) is 26.3 Å². The minimum Gasteiger partial charge on any atom is -0.378 e. The van der Waals surface area contributed by atoms with Crippen LogP contribution in [-0.2, 0) is 4.74 Å². The first-order valence-electron chi connectivity index (χ1n) is 8.75. The quantitative estimate of drug-likeness (QED) is 0.601. The number of nitrogens with zero attached hydrogens (tertiary/aromatic N) is 1. The highest BCUT2D eigenvalue weighted by Crippen LogP contribution is 2.04. The number of hydrogen-bond acceptors (Lipinski definition) is 2. The molecule has 3 heteroatoms. The van der Waals surface area contributed by atoms with Crippen LogP contribution in [0.15, 0.2) is 60.7 Å². The first-order chi connectivity index (χ1) is 12.8. The van der Waals surface area contributed by atoms with Crippen LogP contribution in [0.5, 0.6) is 0 Å². The van der Waals surface area contributed by atoms with Gasteiger partial charge in [0, 0.05) is 31.0 Å². The monoisotopic (exact) mass is 355 g/mol. The summed E-state index contributed by atoms with van der Waals surface area (Å²) in [5.74, 6) is 11.7. The van der Waals surface area contributed by atoms with Gasteiger partial charge in [0.05, 0.1) is 13.2 Å². The molecule has 0 bridgehead atoms. The van der Waals surface area contributed by atoms with Crippen molar-refractivity contribution < 1.29 is 4.74 Å². The summed E-state index contributed by atoms with van der Waals surface area (Å²) in [6.45, 7) is 5.42. The van der Waals surface area contributed by atoms with Gasteiger partial charge in [0.25, 0.3) is 0 Å². The van der Waals surface area contributed by atoms with Gasteiger partial charge in [-0.05, 0) is 22.2 Å². The molecule has 1 aliphatic rings. The number of ether oxygens (including phenoxy) is 1. The maximum Gasteiger partial charge on any atom is 0.197 e. The minimum absolute atomic E-state index is 0.736. The molecule has 0 amide bonds. The molecule has 2 aromatic carbocycles. The Bertz CT molecular complexity index is 859. The van der Waals surface area contributed by atoms with Crippen molar-refractivity contribution in [1.29, 1.82) is 0 Å². The molecule has 3 rings (SSSR count). The van der Waals surface area contributed by atoms with Crippen molar-refractivity contribution in [3.05, 3.63) is 60.7 Å². The highest BCUT2D eigenvalue weighted by atomic mass is 28.3. The molecule has 2 aromatic rings. The van der Waals surface area contributed by atoms with Gasteiger partial charge in [-0.25, -0.2) is 0 Å². The molecular weight excluding hydrogens is 334 g/mol. The lowest BCUT2D eigenvalue weighted by Gasteiger charge is -2.22. The van der Waals surface area contributed by atoms with E-state index in [1.54, 1.807) is 0 Å². The molecule has 0 aromatic heterocycles. The Kier molecular flexibility index (Phi) is 6.18. The molecule has 0 radical (unpaired) electrons. The van der Waals surface area contributed by atoms with E-state index in [4.69, 9.17) is 4.74 Å². The van der Waals surface area contributed by atoms with E-state index in [1.807, 2.05) is 17.0 Å². The van der Waals surface area contributed by atoms with Crippen LogP contribution in [0.4, 0.5) is 0 Å². The average Bonchev–Trinajstić information content (AvgIpc) is 2.72. The lowest BCUT2D eigenvalue weighted by atomic mass is 10.4. The molecule has 1 aliphatic heterocycles. The summed E-state index contributed by atoms with van der Waals surface area (Å²) >= 11 is 0. The average molecular weight is 356 g/mol. The van der Waals surface area contributed by atoms with Gasteiger partial charge in [0.15, 0.2) is 8.07 Å². The zero-order valence-corrected chi connectivity index (χ0v) is 16.0. The van der Waals surface area contributed by atoms with Crippen molar-refractivity contribution in [3.8, 4) is 35.3 Å². The molecule has 128 valence electrons. The Balaban J connectivity index is 1.82. The lowest BCUT2D eigenvalue weighted by molar-refractivity contribution is 0.0638. The van der Waals surface area contributed by atoms with E-state index in [0.717, 1.165) is 26.3 Å². The summed E-state index contributed by atoms with van der Waals surface area (Å²) in [7, 11) is -2.13. The standard InChI is InChI=1S/C23H21NOSi/c1-26(22-12-6-4-7-13-22,23-14-8-5-9-15-23)21-11-3-2-10-16-24-17-19-25-20-18-24/h4-9,12-15H,17-20H2,1H3. The highest BCUT2D eigenvalue weighted by Gasteiger charge is 2.29. The van der Waals surface area contributed by atoms with Gasteiger partial charge in [0.2, 0.25) is 0 Å². The summed E-state index contributed by atoms with van der Waals surface area (Å²) in [6, 6.07) is 24.1. The Hall–Kier alpha value is -2.90. The predicted octanol–water partition coefficient (Wildman–Crippen LogP) is 1.72. The zero-order chi connectivity index (χ0) is 18.1. The smallest absolute Gasteiger partial charge is 0.197 e. The fourth-order valence-electron chi connectivity index (χ4n) is 2.85. The molecular formula is C23H21NOSi. The molecule has 2 nitrogen and oxygen atoms in total. The van der Waals surface area contributed by atoms with Gasteiger partial charge in [-0.1, -0.05) is 67.2 Å². The summed E-state index contributed by atoms with van der Waals surface area (Å²) in [5.41, 5.74) is 3.48. The fourth-order valence-corrected chi connectivity index (χ4v) is 5.51. The van der Waals surface area contributed by atoms with E-state index < -0.39 is 8.07 Å². The van der Waals surface area contributed by atoms with Crippen LogP contribution in [0.3, 0.4) is 0 Å². The molecule has 0 atom stereocenters. The Morgan fingerprint density at radius 1 is 0.769 bits per heavy atom. The van der Waals surface area contributed by atoms with Crippen LogP contribution in [0.1, 0.15) is 0 Å². The van der Waals surface area contributed by atoms with Crippen LogP contribution in [0.2, 0.25) is 6.55 Å². The summed E-state index contributed by atoms with van der Waals surface area (Å²) in [5, 5.41) is 2.58. The van der Waals surface area contributed by atoms with E-state index in [-0.39, 0.29) is 0 Å². The Morgan fingerprint density at radius 3 is 1.88 bits per heavy atom. The van der Waals surface area contributed by atoms with Crippen molar-refractivity contribution in [1.82, 2.24) is 4.90 Å². The molecule has 0 unspecified atom stereocenters. The second-order valence-corrected chi connectivity index (χ2v) is 9.85. The topological polar surface area (TPSA) is 12.5 Å². The highest BCUT2D eigenvalue weighted by molar-refractivity contribution is 7.07. The van der Waals surface area contributed by atoms with Crippen molar-refractivity contribution in [2.24, 2.45) is 0 Å². The predicted molar refractivity (Wildman–Crippen MR) is 109 cm³/mol. The number of rotatable bonds is 2. The number of benzene rings is 2. The Labute approximate surface area is 157 Å². The van der Waals surface area contributed by atoms with E-state index >= 15 is 0 Å². The molecule has 26 heavy (non-hydrogen) atoms. The van der Waals surface area contributed by atoms with Gasteiger partial charge in [0.1, 0.15) is 0 Å². The van der Waals surface area contributed by atoms with Crippen LogP contribution in [-0.4, -0.2) is 39.3 Å². The van der Waals surface area contributed by atoms with Crippen LogP contribution < -0.4 is 10.4 Å². The number of hydrogen-bond donors (Lipinski definition) is 0. The molecule has 0 spiro atoms. The third-order valence-electron chi connectivity index (χ3n) is 4.43. The number of morpholine rings is 1. The van der Waals surface area contributed by atoms with Gasteiger partial charge >= 0.3 is 0 Å².